The van der Waals surface area contributed by atoms with E-state index in [0.717, 1.165) is 52.0 Å². The maximum absolute atomic E-state index is 12.6. The van der Waals surface area contributed by atoms with Gasteiger partial charge in [-0.3, -0.25) is 9.20 Å². The van der Waals surface area contributed by atoms with Crippen molar-refractivity contribution in [2.24, 2.45) is 0 Å². The summed E-state index contributed by atoms with van der Waals surface area (Å²) in [7, 11) is 0. The van der Waals surface area contributed by atoms with Crippen LogP contribution in [0.3, 0.4) is 0 Å². The highest BCUT2D eigenvalue weighted by atomic mass is 32.2. The normalized spacial score (nSPS) is 12.6. The van der Waals surface area contributed by atoms with Crippen molar-refractivity contribution in [3.63, 3.8) is 0 Å². The van der Waals surface area contributed by atoms with Gasteiger partial charge in [0.25, 0.3) is 0 Å². The van der Waals surface area contributed by atoms with Gasteiger partial charge in [-0.25, -0.2) is 9.97 Å². The number of carbonyl (C=O) groups is 1. The van der Waals surface area contributed by atoms with Gasteiger partial charge < -0.3 is 4.74 Å². The molecule has 0 radical (unpaired) electrons. The molecular weight excluding hydrogens is 370 g/mol. The van der Waals surface area contributed by atoms with Gasteiger partial charge in [0.05, 0.1) is 23.2 Å². The Morgan fingerprint density at radius 3 is 2.61 bits per heavy atom. The Balaban J connectivity index is 1.89. The van der Waals surface area contributed by atoms with Crippen molar-refractivity contribution in [2.75, 3.05) is 6.61 Å². The van der Waals surface area contributed by atoms with Gasteiger partial charge in [0, 0.05) is 5.39 Å². The average molecular weight is 394 g/mol. The Labute approximate surface area is 168 Å². The molecule has 0 saturated carbocycles. The van der Waals surface area contributed by atoms with E-state index in [2.05, 4.69) is 11.3 Å². The van der Waals surface area contributed by atoms with E-state index >= 15 is 0 Å². The first-order chi connectivity index (χ1) is 13.7. The molecule has 28 heavy (non-hydrogen) atoms. The molecule has 0 aliphatic rings. The zero-order chi connectivity index (χ0) is 19.5. The lowest BCUT2D eigenvalue weighted by atomic mass is 10.2. The predicted molar refractivity (Wildman–Crippen MR) is 114 cm³/mol. The number of ether oxygens (including phenoxy) is 1. The largest absolute Gasteiger partial charge is 0.465 e. The molecule has 0 aliphatic carbocycles. The lowest BCUT2D eigenvalue weighted by molar-refractivity contribution is -0.142. The van der Waals surface area contributed by atoms with Crippen LogP contribution in [0.2, 0.25) is 0 Å². The van der Waals surface area contributed by atoms with E-state index in [1.165, 1.54) is 11.8 Å². The number of esters is 1. The summed E-state index contributed by atoms with van der Waals surface area (Å²) in [4.78, 5) is 22.3. The molecule has 144 valence electrons. The standard InChI is InChI=1S/C22H23N3O2S/c1-3-5-14-19(21(26)27-4-2)28-22-24-16-11-7-6-10-15(16)20-23-17-12-8-9-13-18(17)25(20)22/h6-13,19H,3-5,14H2,1-2H3/t19-/m0/s1. The van der Waals surface area contributed by atoms with Crippen LogP contribution in [0.15, 0.2) is 53.7 Å². The minimum Gasteiger partial charge on any atom is -0.465 e. The Morgan fingerprint density at radius 1 is 1.07 bits per heavy atom. The van der Waals surface area contributed by atoms with Crippen LogP contribution in [0, 0.1) is 0 Å². The number of thioether (sulfide) groups is 1. The zero-order valence-corrected chi connectivity index (χ0v) is 16.9. The van der Waals surface area contributed by atoms with Crippen molar-refractivity contribution in [1.82, 2.24) is 14.4 Å². The molecule has 2 aromatic carbocycles. The summed E-state index contributed by atoms with van der Waals surface area (Å²) in [5.41, 5.74) is 3.67. The van der Waals surface area contributed by atoms with Gasteiger partial charge in [-0.05, 0) is 37.6 Å². The Hall–Kier alpha value is -2.60. The molecule has 0 aliphatic heterocycles. The van der Waals surface area contributed by atoms with Crippen molar-refractivity contribution in [3.8, 4) is 0 Å². The maximum atomic E-state index is 12.6. The van der Waals surface area contributed by atoms with Gasteiger partial charge in [-0.15, -0.1) is 0 Å². The second-order valence-corrected chi connectivity index (χ2v) is 7.84. The molecule has 0 unspecified atom stereocenters. The average Bonchev–Trinajstić information content (AvgIpc) is 3.11. The summed E-state index contributed by atoms with van der Waals surface area (Å²) in [6.07, 6.45) is 2.77. The molecule has 2 heterocycles. The van der Waals surface area contributed by atoms with Crippen molar-refractivity contribution in [3.05, 3.63) is 48.5 Å². The van der Waals surface area contributed by atoms with E-state index in [-0.39, 0.29) is 11.2 Å². The fourth-order valence-corrected chi connectivity index (χ4v) is 4.51. The van der Waals surface area contributed by atoms with Gasteiger partial charge >= 0.3 is 5.97 Å². The van der Waals surface area contributed by atoms with Crippen LogP contribution in [0.5, 0.6) is 0 Å². The number of nitrogens with zero attached hydrogens (tertiary/aromatic N) is 3. The third-order valence-corrected chi connectivity index (χ3v) is 5.93. The summed E-state index contributed by atoms with van der Waals surface area (Å²) in [6.45, 7) is 4.36. The van der Waals surface area contributed by atoms with Crippen LogP contribution < -0.4 is 0 Å². The lowest BCUT2D eigenvalue weighted by Crippen LogP contribution is -2.21. The number of benzene rings is 2. The number of hydrogen-bond donors (Lipinski definition) is 0. The summed E-state index contributed by atoms with van der Waals surface area (Å²) in [5, 5.41) is 1.50. The zero-order valence-electron chi connectivity index (χ0n) is 16.1. The van der Waals surface area contributed by atoms with E-state index < -0.39 is 0 Å². The van der Waals surface area contributed by atoms with Gasteiger partial charge in [0.2, 0.25) is 0 Å². The number of unbranched alkanes of at least 4 members (excludes halogenated alkanes) is 1. The predicted octanol–water partition coefficient (Wildman–Crippen LogP) is 5.25. The highest BCUT2D eigenvalue weighted by molar-refractivity contribution is 8.00. The third-order valence-electron chi connectivity index (χ3n) is 4.73. The molecule has 0 N–H and O–H groups in total. The number of para-hydroxylation sites is 3. The van der Waals surface area contributed by atoms with Gasteiger partial charge in [0.15, 0.2) is 5.16 Å². The number of fused-ring (bicyclic) bond motifs is 5. The highest BCUT2D eigenvalue weighted by Crippen LogP contribution is 2.32. The molecule has 2 aromatic heterocycles. The quantitative estimate of drug-likeness (QED) is 0.244. The van der Waals surface area contributed by atoms with Crippen LogP contribution in [0.1, 0.15) is 33.1 Å². The van der Waals surface area contributed by atoms with E-state index in [9.17, 15) is 4.79 Å². The molecule has 0 fully saturated rings. The van der Waals surface area contributed by atoms with Crippen molar-refractivity contribution in [2.45, 2.75) is 43.5 Å². The topological polar surface area (TPSA) is 56.5 Å². The number of imidazole rings is 1. The van der Waals surface area contributed by atoms with Gasteiger partial charge in [-0.2, -0.15) is 0 Å². The van der Waals surface area contributed by atoms with Crippen LogP contribution in [0.4, 0.5) is 0 Å². The molecule has 4 aromatic rings. The first kappa shape index (κ1) is 18.7. The van der Waals surface area contributed by atoms with Crippen molar-refractivity contribution in [1.29, 1.82) is 0 Å². The number of rotatable bonds is 7. The lowest BCUT2D eigenvalue weighted by Gasteiger charge is -2.16. The van der Waals surface area contributed by atoms with E-state index in [0.29, 0.717) is 6.61 Å². The highest BCUT2D eigenvalue weighted by Gasteiger charge is 2.24. The maximum Gasteiger partial charge on any atom is 0.319 e. The van der Waals surface area contributed by atoms with Crippen LogP contribution in [-0.4, -0.2) is 32.2 Å². The second-order valence-electron chi connectivity index (χ2n) is 6.67. The minimum absolute atomic E-state index is 0.173. The SMILES string of the molecule is CCCC[C@H](Sc1nc2ccccc2c2nc3ccccc3n12)C(=O)OCC. The van der Waals surface area contributed by atoms with Crippen LogP contribution >= 0.6 is 11.8 Å². The first-order valence-electron chi connectivity index (χ1n) is 9.72. The molecule has 0 bridgehead atoms. The summed E-state index contributed by atoms with van der Waals surface area (Å²) in [5.74, 6) is -0.173. The molecule has 0 saturated heterocycles. The second kappa shape index (κ2) is 8.19. The van der Waals surface area contributed by atoms with E-state index in [4.69, 9.17) is 14.7 Å². The van der Waals surface area contributed by atoms with E-state index in [1.807, 2.05) is 55.5 Å². The van der Waals surface area contributed by atoms with Gasteiger partial charge in [0.1, 0.15) is 10.9 Å². The number of aromatic nitrogens is 3. The minimum atomic E-state index is -0.280. The molecule has 0 spiro atoms. The number of carbonyl (C=O) groups excluding carboxylic acids is 1. The molecule has 4 rings (SSSR count). The van der Waals surface area contributed by atoms with Crippen molar-refractivity contribution < 1.29 is 9.53 Å². The fourth-order valence-electron chi connectivity index (χ4n) is 3.37. The molecule has 5 nitrogen and oxygen atoms in total. The number of hydrogen-bond acceptors (Lipinski definition) is 5. The summed E-state index contributed by atoms with van der Waals surface area (Å²) < 4.78 is 7.40. The summed E-state index contributed by atoms with van der Waals surface area (Å²) in [6, 6.07) is 16.0. The molecule has 6 heteroatoms. The molecular formula is C22H23N3O2S. The third kappa shape index (κ3) is 3.44. The van der Waals surface area contributed by atoms with E-state index in [1.54, 1.807) is 0 Å². The Kier molecular flexibility index (Phi) is 5.48. The van der Waals surface area contributed by atoms with Gasteiger partial charge in [-0.1, -0.05) is 55.8 Å². The Bertz CT molecular complexity index is 1140. The first-order valence-corrected chi connectivity index (χ1v) is 10.6. The van der Waals surface area contributed by atoms with Crippen molar-refractivity contribution >= 4 is 45.3 Å². The summed E-state index contributed by atoms with van der Waals surface area (Å²) >= 11 is 1.48. The van der Waals surface area contributed by atoms with Crippen LogP contribution in [0.25, 0.3) is 27.6 Å². The van der Waals surface area contributed by atoms with Crippen LogP contribution in [-0.2, 0) is 9.53 Å². The monoisotopic (exact) mass is 393 g/mol. The fraction of sp³-hybridized carbons (Fsp3) is 0.318. The Morgan fingerprint density at radius 2 is 1.82 bits per heavy atom. The smallest absolute Gasteiger partial charge is 0.319 e. The molecule has 1 atom stereocenters. The molecule has 0 amide bonds.